The Kier molecular flexibility index (Phi) is 6.33. The summed E-state index contributed by atoms with van der Waals surface area (Å²) in [5, 5.41) is 5.14. The molecule has 7 nitrogen and oxygen atoms in total. The molecule has 1 aromatic heterocycles. The van der Waals surface area contributed by atoms with Crippen molar-refractivity contribution < 1.29 is 27.6 Å². The van der Waals surface area contributed by atoms with E-state index >= 15 is 0 Å². The Balaban J connectivity index is 1.61. The number of halogens is 3. The van der Waals surface area contributed by atoms with Crippen molar-refractivity contribution in [1.29, 1.82) is 0 Å². The van der Waals surface area contributed by atoms with Crippen LogP contribution >= 0.6 is 0 Å². The maximum absolute atomic E-state index is 13.3. The van der Waals surface area contributed by atoms with Gasteiger partial charge in [-0.25, -0.2) is 0 Å². The van der Waals surface area contributed by atoms with Crippen molar-refractivity contribution in [3.8, 4) is 0 Å². The SMILES string of the molecule is Cc1ncc(NC(=O)C(=O)N2C[C@@H](C)CC[C@@]2(C)c2ccc3c(c2)CCC(=O)N3)cc1C(F)(F)F. The first-order valence-electron chi connectivity index (χ1n) is 11.5. The third kappa shape index (κ3) is 4.87. The predicted molar refractivity (Wildman–Crippen MR) is 123 cm³/mol. The zero-order valence-electron chi connectivity index (χ0n) is 19.8. The highest BCUT2D eigenvalue weighted by Crippen LogP contribution is 2.41. The minimum atomic E-state index is -4.63. The van der Waals surface area contributed by atoms with Crippen molar-refractivity contribution in [3.63, 3.8) is 0 Å². The van der Waals surface area contributed by atoms with E-state index in [4.69, 9.17) is 0 Å². The number of rotatable bonds is 2. The van der Waals surface area contributed by atoms with Crippen LogP contribution < -0.4 is 10.6 Å². The molecule has 0 aliphatic carbocycles. The van der Waals surface area contributed by atoms with Gasteiger partial charge in [0, 0.05) is 24.3 Å². The average molecular weight is 489 g/mol. The van der Waals surface area contributed by atoms with Crippen LogP contribution in [-0.4, -0.2) is 34.2 Å². The third-order valence-electron chi connectivity index (χ3n) is 6.93. The molecular formula is C25H27F3N4O3. The molecule has 2 N–H and O–H groups in total. The summed E-state index contributed by atoms with van der Waals surface area (Å²) < 4.78 is 39.7. The molecule has 1 saturated heterocycles. The monoisotopic (exact) mass is 488 g/mol. The number of piperidine rings is 1. The molecule has 2 aromatic rings. The molecule has 3 heterocycles. The second-order valence-electron chi connectivity index (χ2n) is 9.56. The molecule has 3 amide bonds. The number of fused-ring (bicyclic) bond motifs is 1. The Bertz CT molecular complexity index is 1200. The fraction of sp³-hybridized carbons (Fsp3) is 0.440. The smallest absolute Gasteiger partial charge is 0.326 e. The summed E-state index contributed by atoms with van der Waals surface area (Å²) >= 11 is 0. The van der Waals surface area contributed by atoms with E-state index in [0.29, 0.717) is 25.8 Å². The maximum Gasteiger partial charge on any atom is 0.418 e. The van der Waals surface area contributed by atoms with Gasteiger partial charge in [0.15, 0.2) is 0 Å². The zero-order valence-corrected chi connectivity index (χ0v) is 19.8. The quantitative estimate of drug-likeness (QED) is 0.613. The number of nitrogens with one attached hydrogen (secondary N) is 2. The topological polar surface area (TPSA) is 91.4 Å². The molecule has 0 unspecified atom stereocenters. The van der Waals surface area contributed by atoms with Gasteiger partial charge in [-0.15, -0.1) is 0 Å². The second kappa shape index (κ2) is 8.98. The van der Waals surface area contributed by atoms with Crippen LogP contribution in [0, 0.1) is 12.8 Å². The molecule has 35 heavy (non-hydrogen) atoms. The van der Waals surface area contributed by atoms with Gasteiger partial charge in [-0.1, -0.05) is 19.1 Å². The molecule has 186 valence electrons. The van der Waals surface area contributed by atoms with Gasteiger partial charge in [-0.05, 0) is 62.3 Å². The van der Waals surface area contributed by atoms with E-state index in [-0.39, 0.29) is 23.2 Å². The summed E-state index contributed by atoms with van der Waals surface area (Å²) in [5.74, 6) is -1.74. The minimum Gasteiger partial charge on any atom is -0.326 e. The number of nitrogens with zero attached hydrogens (tertiary/aromatic N) is 2. The predicted octanol–water partition coefficient (Wildman–Crippen LogP) is 4.41. The third-order valence-corrected chi connectivity index (χ3v) is 6.93. The van der Waals surface area contributed by atoms with E-state index in [1.54, 1.807) is 0 Å². The fourth-order valence-electron chi connectivity index (χ4n) is 4.79. The van der Waals surface area contributed by atoms with Gasteiger partial charge in [0.25, 0.3) is 0 Å². The number of hydrogen-bond acceptors (Lipinski definition) is 4. The van der Waals surface area contributed by atoms with Crippen LogP contribution in [0.2, 0.25) is 0 Å². The van der Waals surface area contributed by atoms with E-state index in [1.807, 2.05) is 32.0 Å². The highest BCUT2D eigenvalue weighted by atomic mass is 19.4. The van der Waals surface area contributed by atoms with Gasteiger partial charge >= 0.3 is 18.0 Å². The first-order valence-corrected chi connectivity index (χ1v) is 11.5. The molecule has 0 bridgehead atoms. The molecule has 2 atom stereocenters. The summed E-state index contributed by atoms with van der Waals surface area (Å²) in [6.45, 7) is 5.43. The lowest BCUT2D eigenvalue weighted by atomic mass is 9.78. The minimum absolute atomic E-state index is 0.0456. The van der Waals surface area contributed by atoms with E-state index in [1.165, 1.54) is 11.8 Å². The molecule has 4 rings (SSSR count). The number of carbonyl (C=O) groups excluding carboxylic acids is 3. The number of alkyl halides is 3. The van der Waals surface area contributed by atoms with Crippen molar-refractivity contribution in [2.24, 2.45) is 5.92 Å². The average Bonchev–Trinajstić information content (AvgIpc) is 2.80. The van der Waals surface area contributed by atoms with Gasteiger partial charge in [-0.2, -0.15) is 13.2 Å². The number of likely N-dealkylation sites (tertiary alicyclic amines) is 1. The summed E-state index contributed by atoms with van der Waals surface area (Å²) in [5.41, 5.74) is 0.364. The van der Waals surface area contributed by atoms with Gasteiger partial charge < -0.3 is 15.5 Å². The molecule has 1 fully saturated rings. The standard InChI is InChI=1S/C25H27F3N4O3/c1-14-8-9-24(3,17-5-6-20-16(10-17)4-7-21(33)31-20)32(13-14)23(35)22(34)30-18-11-19(25(26,27)28)15(2)29-12-18/h5-6,10-12,14H,4,7-9,13H2,1-3H3,(H,30,34)(H,31,33)/t14-,24-/m0/s1. The molecule has 0 radical (unpaired) electrons. The first kappa shape index (κ1) is 24.7. The van der Waals surface area contributed by atoms with Gasteiger partial charge in [0.05, 0.1) is 23.0 Å². The van der Waals surface area contributed by atoms with Crippen LogP contribution in [0.15, 0.2) is 30.5 Å². The molecule has 1 aromatic carbocycles. The second-order valence-corrected chi connectivity index (χ2v) is 9.56. The van der Waals surface area contributed by atoms with Crippen molar-refractivity contribution in [1.82, 2.24) is 9.88 Å². The summed E-state index contributed by atoms with van der Waals surface area (Å²) in [4.78, 5) is 43.1. The molecule has 10 heteroatoms. The van der Waals surface area contributed by atoms with Crippen LogP contribution in [0.4, 0.5) is 24.5 Å². The van der Waals surface area contributed by atoms with Crippen molar-refractivity contribution >= 4 is 29.1 Å². The van der Waals surface area contributed by atoms with Gasteiger partial charge in [-0.3, -0.25) is 19.4 Å². The van der Waals surface area contributed by atoms with E-state index in [2.05, 4.69) is 15.6 Å². The number of hydrogen-bond donors (Lipinski definition) is 2. The van der Waals surface area contributed by atoms with Crippen LogP contribution in [0.1, 0.15) is 55.5 Å². The summed E-state index contributed by atoms with van der Waals surface area (Å²) in [6.07, 6.45) is -1.12. The lowest BCUT2D eigenvalue weighted by molar-refractivity contribution is -0.150. The fourth-order valence-corrected chi connectivity index (χ4v) is 4.79. The Labute approximate surface area is 201 Å². The highest BCUT2D eigenvalue weighted by Gasteiger charge is 2.43. The number of anilines is 2. The molecule has 2 aliphatic rings. The summed E-state index contributed by atoms with van der Waals surface area (Å²) in [6, 6.07) is 6.40. The lowest BCUT2D eigenvalue weighted by Gasteiger charge is -2.47. The molecule has 0 spiro atoms. The van der Waals surface area contributed by atoms with E-state index < -0.39 is 29.1 Å². The number of carbonyl (C=O) groups is 3. The normalized spacial score (nSPS) is 22.3. The number of aryl methyl sites for hydroxylation is 2. The van der Waals surface area contributed by atoms with Crippen molar-refractivity contribution in [2.45, 2.75) is 58.2 Å². The molecular weight excluding hydrogens is 461 g/mol. The zero-order chi connectivity index (χ0) is 25.5. The summed E-state index contributed by atoms with van der Waals surface area (Å²) in [7, 11) is 0. The van der Waals surface area contributed by atoms with Crippen molar-refractivity contribution in [3.05, 3.63) is 52.8 Å². The highest BCUT2D eigenvalue weighted by molar-refractivity contribution is 6.39. The number of pyridine rings is 1. The van der Waals surface area contributed by atoms with Crippen LogP contribution in [0.25, 0.3) is 0 Å². The first-order chi connectivity index (χ1) is 16.4. The van der Waals surface area contributed by atoms with Gasteiger partial charge in [0.1, 0.15) is 0 Å². The van der Waals surface area contributed by atoms with Crippen LogP contribution in [-0.2, 0) is 32.5 Å². The van der Waals surface area contributed by atoms with E-state index in [9.17, 15) is 27.6 Å². The molecule has 0 saturated carbocycles. The van der Waals surface area contributed by atoms with Crippen LogP contribution in [0.3, 0.4) is 0 Å². The Hall–Kier alpha value is -3.43. The Morgan fingerprint density at radius 2 is 1.97 bits per heavy atom. The Morgan fingerprint density at radius 1 is 1.23 bits per heavy atom. The number of amides is 3. The largest absolute Gasteiger partial charge is 0.418 e. The van der Waals surface area contributed by atoms with Crippen molar-refractivity contribution in [2.75, 3.05) is 17.2 Å². The number of aromatic nitrogens is 1. The lowest BCUT2D eigenvalue weighted by Crippen LogP contribution is -2.55. The Morgan fingerprint density at radius 3 is 2.69 bits per heavy atom. The van der Waals surface area contributed by atoms with E-state index in [0.717, 1.165) is 35.5 Å². The maximum atomic E-state index is 13.3. The van der Waals surface area contributed by atoms with Gasteiger partial charge in [0.2, 0.25) is 5.91 Å². The molecule has 2 aliphatic heterocycles. The number of benzene rings is 1. The van der Waals surface area contributed by atoms with Crippen LogP contribution in [0.5, 0.6) is 0 Å².